The van der Waals surface area contributed by atoms with E-state index in [9.17, 15) is 14.4 Å². The van der Waals surface area contributed by atoms with Gasteiger partial charge in [-0.2, -0.15) is 0 Å². The normalized spacial score (nSPS) is 32.3. The van der Waals surface area contributed by atoms with Gasteiger partial charge in [-0.15, -0.1) is 0 Å². The lowest BCUT2D eigenvalue weighted by atomic mass is 9.83. The number of carbonyl (C=O) groups excluding carboxylic acids is 3. The monoisotopic (exact) mass is 634 g/mol. The van der Waals surface area contributed by atoms with E-state index in [4.69, 9.17) is 28.9 Å². The van der Waals surface area contributed by atoms with Crippen LogP contribution in [0.25, 0.3) is 17.1 Å². The quantitative estimate of drug-likeness (QED) is 0.446. The maximum absolute atomic E-state index is 14.4. The van der Waals surface area contributed by atoms with Gasteiger partial charge in [0.2, 0.25) is 11.8 Å². The summed E-state index contributed by atoms with van der Waals surface area (Å²) >= 11 is 0. The molecule has 1 unspecified atom stereocenters. The molecule has 46 heavy (non-hydrogen) atoms. The van der Waals surface area contributed by atoms with E-state index < -0.39 is 47.5 Å². The van der Waals surface area contributed by atoms with E-state index in [-0.39, 0.29) is 12.6 Å². The third-order valence-electron chi connectivity index (χ3n) is 10.5. The van der Waals surface area contributed by atoms with Crippen LogP contribution in [0.3, 0.4) is 0 Å². The maximum atomic E-state index is 14.4. The van der Waals surface area contributed by atoms with E-state index in [1.54, 1.807) is 13.2 Å². The van der Waals surface area contributed by atoms with Crippen molar-refractivity contribution >= 4 is 35.1 Å². The molecule has 1 aromatic carbocycles. The number of benzene rings is 1. The highest BCUT2D eigenvalue weighted by atomic mass is 16.6. The van der Waals surface area contributed by atoms with E-state index in [0.717, 1.165) is 38.5 Å². The SMILES string of the molecule is COC(=O)[C@@H]1[C@H](C)[C@@H]2CN1C(=O)C(C(C)(C)C)NC(=O)O[C@@H]1[C@H]3CC[C@H](C3)[C@H]1CCC/C=C/c1nc3ccc(OC)cc3nc1O2. The second-order valence-corrected chi connectivity index (χ2v) is 14.4. The summed E-state index contributed by atoms with van der Waals surface area (Å²) in [6.07, 6.45) is 8.69. The molecule has 4 bridgehead atoms. The molecule has 0 spiro atoms. The molecule has 3 fully saturated rings. The first-order valence-corrected chi connectivity index (χ1v) is 16.5. The van der Waals surface area contributed by atoms with Crippen molar-refractivity contribution in [3.63, 3.8) is 0 Å². The van der Waals surface area contributed by atoms with Crippen molar-refractivity contribution in [1.29, 1.82) is 0 Å². The summed E-state index contributed by atoms with van der Waals surface area (Å²) in [6.45, 7) is 7.62. The van der Waals surface area contributed by atoms with Crippen molar-refractivity contribution in [3.8, 4) is 11.6 Å². The fourth-order valence-electron chi connectivity index (χ4n) is 7.99. The van der Waals surface area contributed by atoms with Crippen molar-refractivity contribution in [2.45, 2.75) is 90.5 Å². The van der Waals surface area contributed by atoms with Crippen LogP contribution >= 0.6 is 0 Å². The number of nitrogens with one attached hydrogen (secondary N) is 1. The predicted octanol–water partition coefficient (Wildman–Crippen LogP) is 5.16. The molecular weight excluding hydrogens is 588 g/mol. The Balaban J connectivity index is 1.40. The first-order chi connectivity index (χ1) is 22.0. The van der Waals surface area contributed by atoms with Gasteiger partial charge in [-0.25, -0.2) is 19.6 Å². The van der Waals surface area contributed by atoms with E-state index >= 15 is 0 Å². The Kier molecular flexibility index (Phi) is 8.87. The number of aromatic nitrogens is 2. The van der Waals surface area contributed by atoms with Crippen molar-refractivity contribution in [1.82, 2.24) is 20.2 Å². The lowest BCUT2D eigenvalue weighted by Gasteiger charge is -2.36. The van der Waals surface area contributed by atoms with Gasteiger partial charge in [0.1, 0.15) is 35.7 Å². The lowest BCUT2D eigenvalue weighted by Crippen LogP contribution is -2.57. The van der Waals surface area contributed by atoms with Crippen molar-refractivity contribution in [2.24, 2.45) is 29.1 Å². The molecule has 2 amide bonds. The minimum atomic E-state index is -0.944. The summed E-state index contributed by atoms with van der Waals surface area (Å²) in [6, 6.07) is 3.64. The van der Waals surface area contributed by atoms with Gasteiger partial charge in [-0.1, -0.05) is 33.8 Å². The summed E-state index contributed by atoms with van der Waals surface area (Å²) in [5, 5.41) is 2.91. The van der Waals surface area contributed by atoms with Gasteiger partial charge in [0.05, 0.1) is 31.8 Å². The molecule has 4 aliphatic rings. The van der Waals surface area contributed by atoms with Crippen LogP contribution in [0.5, 0.6) is 11.6 Å². The van der Waals surface area contributed by atoms with E-state index in [0.29, 0.717) is 46.1 Å². The zero-order valence-corrected chi connectivity index (χ0v) is 27.7. The molecule has 248 valence electrons. The van der Waals surface area contributed by atoms with Gasteiger partial charge < -0.3 is 29.2 Å². The molecule has 1 N–H and O–H groups in total. The topological polar surface area (TPSA) is 129 Å². The highest BCUT2D eigenvalue weighted by Crippen LogP contribution is 2.51. The Bertz CT molecular complexity index is 1520. The van der Waals surface area contributed by atoms with Gasteiger partial charge in [0.25, 0.3) is 0 Å². The van der Waals surface area contributed by atoms with Crippen LogP contribution in [-0.2, 0) is 19.1 Å². The number of amides is 2. The lowest BCUT2D eigenvalue weighted by molar-refractivity contribution is -0.153. The number of hydrogen-bond acceptors (Lipinski definition) is 9. The zero-order chi connectivity index (χ0) is 32.7. The van der Waals surface area contributed by atoms with Gasteiger partial charge in [-0.05, 0) is 79.9 Å². The first kappa shape index (κ1) is 32.1. The average Bonchev–Trinajstić information content (AvgIpc) is 3.72. The van der Waals surface area contributed by atoms with E-state index in [2.05, 4.69) is 11.4 Å². The summed E-state index contributed by atoms with van der Waals surface area (Å²) < 4.78 is 23.3. The smallest absolute Gasteiger partial charge is 0.408 e. The largest absolute Gasteiger partial charge is 0.497 e. The molecule has 11 heteroatoms. The number of esters is 1. The van der Waals surface area contributed by atoms with Gasteiger partial charge in [-0.3, -0.25) is 4.79 Å². The fraction of sp³-hybridized carbons (Fsp3) is 0.629. The van der Waals surface area contributed by atoms with Gasteiger partial charge in [0, 0.05) is 12.0 Å². The number of ether oxygens (including phenoxy) is 4. The Morgan fingerprint density at radius 1 is 1.04 bits per heavy atom. The number of hydrogen-bond donors (Lipinski definition) is 1. The summed E-state index contributed by atoms with van der Waals surface area (Å²) in [5.41, 5.74) is 1.21. The number of fused-ring (bicyclic) bond motifs is 9. The summed E-state index contributed by atoms with van der Waals surface area (Å²) in [7, 11) is 2.90. The summed E-state index contributed by atoms with van der Waals surface area (Å²) in [5.74, 6) is 0.761. The second kappa shape index (κ2) is 12.7. The second-order valence-electron chi connectivity index (χ2n) is 14.4. The van der Waals surface area contributed by atoms with Crippen LogP contribution in [0, 0.1) is 29.1 Å². The molecule has 0 radical (unpaired) electrons. The fourth-order valence-corrected chi connectivity index (χ4v) is 7.99. The minimum Gasteiger partial charge on any atom is -0.497 e. The average molecular weight is 635 g/mol. The Morgan fingerprint density at radius 2 is 1.83 bits per heavy atom. The van der Waals surface area contributed by atoms with Crippen LogP contribution < -0.4 is 14.8 Å². The molecule has 2 aromatic rings. The van der Waals surface area contributed by atoms with E-state index in [1.807, 2.05) is 45.9 Å². The standard InChI is InChI=1S/C35H46N4O7/c1-19-27-18-39(28(19)33(41)44-6)32(40)30(35(2,3)4)38-34(42)46-29-21-13-12-20(16-21)23(29)10-8-7-9-11-25-31(45-27)37-26-17-22(43-5)14-15-24(26)36-25/h9,11,14-15,17,19-21,23,27-30H,7-8,10,12-13,16,18H2,1-6H3,(H,38,42)/b11-9+/t19-,20-,21+,23-,27+,28+,29-,30?/m1/s1. The number of alkyl carbamates (subject to hydrolysis) is 1. The first-order valence-electron chi connectivity index (χ1n) is 16.5. The molecule has 1 aromatic heterocycles. The van der Waals surface area contributed by atoms with Crippen LogP contribution in [0.15, 0.2) is 24.3 Å². The highest BCUT2D eigenvalue weighted by Gasteiger charge is 2.52. The van der Waals surface area contributed by atoms with Crippen LogP contribution in [0.2, 0.25) is 0 Å². The molecule has 2 saturated carbocycles. The van der Waals surface area contributed by atoms with Gasteiger partial charge >= 0.3 is 12.1 Å². The molecule has 1 saturated heterocycles. The number of allylic oxidation sites excluding steroid dienone is 1. The molecular formula is C35H46N4O7. The number of nitrogens with zero attached hydrogens (tertiary/aromatic N) is 3. The Labute approximate surface area is 270 Å². The molecule has 2 aliphatic heterocycles. The van der Waals surface area contributed by atoms with Crippen LogP contribution in [0.1, 0.15) is 71.9 Å². The summed E-state index contributed by atoms with van der Waals surface area (Å²) in [4.78, 5) is 52.2. The third-order valence-corrected chi connectivity index (χ3v) is 10.5. The van der Waals surface area contributed by atoms with Crippen molar-refractivity contribution < 1.29 is 33.3 Å². The molecule has 11 nitrogen and oxygen atoms in total. The highest BCUT2D eigenvalue weighted by molar-refractivity contribution is 5.91. The van der Waals surface area contributed by atoms with Crippen molar-refractivity contribution in [2.75, 3.05) is 20.8 Å². The number of methoxy groups -OCH3 is 2. The Morgan fingerprint density at radius 3 is 2.57 bits per heavy atom. The maximum Gasteiger partial charge on any atom is 0.408 e. The van der Waals surface area contributed by atoms with E-state index in [1.165, 1.54) is 12.0 Å². The zero-order valence-electron chi connectivity index (χ0n) is 27.7. The Hall–Kier alpha value is -3.89. The predicted molar refractivity (Wildman–Crippen MR) is 171 cm³/mol. The molecule has 2 aliphatic carbocycles. The van der Waals surface area contributed by atoms with Gasteiger partial charge in [0.15, 0.2) is 0 Å². The van der Waals surface area contributed by atoms with Crippen molar-refractivity contribution in [3.05, 3.63) is 30.0 Å². The minimum absolute atomic E-state index is 0.0957. The third kappa shape index (κ3) is 6.12. The van der Waals surface area contributed by atoms with Crippen LogP contribution in [-0.4, -0.2) is 77.9 Å². The molecule has 3 heterocycles. The molecule has 8 atom stereocenters. The number of carbonyl (C=O) groups is 3. The van der Waals surface area contributed by atoms with Crippen LogP contribution in [0.4, 0.5) is 4.79 Å². The molecule has 6 rings (SSSR count). The number of rotatable bonds is 2.